The molecule has 1 fully saturated rings. The van der Waals surface area contributed by atoms with E-state index in [-0.39, 0.29) is 18.8 Å². The van der Waals surface area contributed by atoms with Crippen LogP contribution in [0.3, 0.4) is 0 Å². The Hall–Kier alpha value is -0.160. The number of aliphatic hydroxyl groups excluding tert-OH is 1. The Morgan fingerprint density at radius 3 is 1.95 bits per heavy atom. The van der Waals surface area contributed by atoms with Gasteiger partial charge in [-0.1, -0.05) is 41.5 Å². The summed E-state index contributed by atoms with van der Waals surface area (Å²) < 4.78 is 11.4. The van der Waals surface area contributed by atoms with E-state index in [0.29, 0.717) is 19.3 Å². The van der Waals surface area contributed by atoms with E-state index in [0.717, 1.165) is 0 Å². The Bertz CT molecular complexity index is 229. The van der Waals surface area contributed by atoms with Crippen molar-refractivity contribution in [2.45, 2.75) is 98.2 Å². The largest absolute Gasteiger partial charge is 0.394 e. The lowest BCUT2D eigenvalue weighted by Gasteiger charge is -2.37. The van der Waals surface area contributed by atoms with E-state index in [2.05, 4.69) is 0 Å². The standard InChI is InChI=1S/C12H24O4.2C2H6/c1-5-12(14,6-2)16-11(4)7-10(8-13)15-9(11)3;2*1-2/h9-10,13-14H,5-8H2,1-4H3;2*1-2H3. The molecule has 0 amide bonds. The van der Waals surface area contributed by atoms with Crippen molar-refractivity contribution < 1.29 is 19.7 Å². The molecule has 4 heteroatoms. The van der Waals surface area contributed by atoms with Crippen molar-refractivity contribution in [3.63, 3.8) is 0 Å². The zero-order chi connectivity index (χ0) is 16.4. The van der Waals surface area contributed by atoms with Crippen LogP contribution in [0.15, 0.2) is 0 Å². The average molecular weight is 292 g/mol. The van der Waals surface area contributed by atoms with Crippen LogP contribution in [0.1, 0.15) is 74.7 Å². The van der Waals surface area contributed by atoms with Gasteiger partial charge in [-0.05, 0) is 26.7 Å². The van der Waals surface area contributed by atoms with Crippen molar-refractivity contribution in [3.8, 4) is 0 Å². The molecule has 1 saturated heterocycles. The van der Waals surface area contributed by atoms with Gasteiger partial charge in [-0.2, -0.15) is 0 Å². The Labute approximate surface area is 125 Å². The number of hydrogen-bond donors (Lipinski definition) is 2. The van der Waals surface area contributed by atoms with Crippen molar-refractivity contribution in [1.29, 1.82) is 0 Å². The van der Waals surface area contributed by atoms with Gasteiger partial charge in [0.05, 0.1) is 24.4 Å². The van der Waals surface area contributed by atoms with Gasteiger partial charge in [0, 0.05) is 6.42 Å². The lowest BCUT2D eigenvalue weighted by Crippen LogP contribution is -2.46. The number of rotatable bonds is 5. The summed E-state index contributed by atoms with van der Waals surface area (Å²) in [5, 5.41) is 19.3. The number of ether oxygens (including phenoxy) is 2. The van der Waals surface area contributed by atoms with Gasteiger partial charge in [0.1, 0.15) is 0 Å². The van der Waals surface area contributed by atoms with Gasteiger partial charge in [0.2, 0.25) is 0 Å². The van der Waals surface area contributed by atoms with Gasteiger partial charge in [-0.25, -0.2) is 0 Å². The van der Waals surface area contributed by atoms with Gasteiger partial charge >= 0.3 is 0 Å². The van der Waals surface area contributed by atoms with E-state index >= 15 is 0 Å². The van der Waals surface area contributed by atoms with Gasteiger partial charge in [-0.15, -0.1) is 0 Å². The molecule has 1 aliphatic heterocycles. The van der Waals surface area contributed by atoms with Crippen LogP contribution in [0.2, 0.25) is 0 Å². The second kappa shape index (κ2) is 10.6. The molecule has 2 N–H and O–H groups in total. The fraction of sp³-hybridized carbons (Fsp3) is 1.00. The Morgan fingerprint density at radius 2 is 1.65 bits per heavy atom. The highest BCUT2D eigenvalue weighted by atomic mass is 16.7. The minimum Gasteiger partial charge on any atom is -0.394 e. The molecule has 1 heterocycles. The Morgan fingerprint density at radius 1 is 1.20 bits per heavy atom. The smallest absolute Gasteiger partial charge is 0.165 e. The maximum atomic E-state index is 10.2. The van der Waals surface area contributed by atoms with E-state index in [1.165, 1.54) is 0 Å². The van der Waals surface area contributed by atoms with Crippen molar-refractivity contribution in [2.75, 3.05) is 6.61 Å². The summed E-state index contributed by atoms with van der Waals surface area (Å²) in [6, 6.07) is 0. The summed E-state index contributed by atoms with van der Waals surface area (Å²) in [6.45, 7) is 15.7. The highest BCUT2D eigenvalue weighted by molar-refractivity contribution is 4.93. The maximum Gasteiger partial charge on any atom is 0.165 e. The highest BCUT2D eigenvalue weighted by Gasteiger charge is 2.47. The van der Waals surface area contributed by atoms with E-state index in [1.807, 2.05) is 55.4 Å². The first-order chi connectivity index (χ1) is 9.39. The van der Waals surface area contributed by atoms with E-state index in [9.17, 15) is 5.11 Å². The molecule has 0 saturated carbocycles. The summed E-state index contributed by atoms with van der Waals surface area (Å²) in [6.07, 6.45) is 1.42. The Balaban J connectivity index is 0. The first kappa shape index (κ1) is 22.1. The maximum absolute atomic E-state index is 10.2. The van der Waals surface area contributed by atoms with Gasteiger partial charge in [0.15, 0.2) is 5.79 Å². The molecule has 1 aliphatic rings. The molecule has 0 aliphatic carbocycles. The highest BCUT2D eigenvalue weighted by Crippen LogP contribution is 2.37. The topological polar surface area (TPSA) is 58.9 Å². The van der Waals surface area contributed by atoms with Crippen molar-refractivity contribution in [1.82, 2.24) is 0 Å². The molecule has 20 heavy (non-hydrogen) atoms. The quantitative estimate of drug-likeness (QED) is 0.762. The fourth-order valence-electron chi connectivity index (χ4n) is 2.16. The third kappa shape index (κ3) is 6.08. The average Bonchev–Trinajstić information content (AvgIpc) is 2.77. The van der Waals surface area contributed by atoms with Gasteiger partial charge in [0.25, 0.3) is 0 Å². The van der Waals surface area contributed by atoms with Crippen molar-refractivity contribution >= 4 is 0 Å². The van der Waals surface area contributed by atoms with Crippen LogP contribution < -0.4 is 0 Å². The third-order valence-corrected chi connectivity index (χ3v) is 3.62. The van der Waals surface area contributed by atoms with Crippen LogP contribution in [-0.2, 0) is 9.47 Å². The van der Waals surface area contributed by atoms with Crippen LogP contribution >= 0.6 is 0 Å². The van der Waals surface area contributed by atoms with Crippen LogP contribution in [0.5, 0.6) is 0 Å². The number of hydrogen-bond acceptors (Lipinski definition) is 4. The number of aliphatic hydroxyl groups is 2. The summed E-state index contributed by atoms with van der Waals surface area (Å²) in [4.78, 5) is 0. The van der Waals surface area contributed by atoms with Crippen LogP contribution in [0.25, 0.3) is 0 Å². The molecule has 0 aromatic carbocycles. The molecule has 4 nitrogen and oxygen atoms in total. The monoisotopic (exact) mass is 292 g/mol. The summed E-state index contributed by atoms with van der Waals surface area (Å²) in [7, 11) is 0. The Kier molecular flexibility index (Phi) is 11.7. The fourth-order valence-corrected chi connectivity index (χ4v) is 2.16. The molecule has 3 unspecified atom stereocenters. The lowest BCUT2D eigenvalue weighted by molar-refractivity contribution is -0.272. The van der Waals surface area contributed by atoms with Crippen LogP contribution in [0, 0.1) is 0 Å². The molecule has 124 valence electrons. The van der Waals surface area contributed by atoms with E-state index < -0.39 is 11.4 Å². The molecular formula is C16H36O4. The lowest BCUT2D eigenvalue weighted by atomic mass is 9.95. The van der Waals surface area contributed by atoms with Gasteiger partial charge < -0.3 is 19.7 Å². The second-order valence-electron chi connectivity index (χ2n) is 4.86. The van der Waals surface area contributed by atoms with Crippen LogP contribution in [0.4, 0.5) is 0 Å². The third-order valence-electron chi connectivity index (χ3n) is 3.62. The molecule has 1 rings (SSSR count). The van der Waals surface area contributed by atoms with Gasteiger partial charge in [-0.3, -0.25) is 0 Å². The summed E-state index contributed by atoms with van der Waals surface area (Å²) >= 11 is 0. The second-order valence-corrected chi connectivity index (χ2v) is 4.86. The molecule has 0 spiro atoms. The van der Waals surface area contributed by atoms with Crippen molar-refractivity contribution in [2.24, 2.45) is 0 Å². The normalized spacial score (nSPS) is 29.1. The first-order valence-corrected chi connectivity index (χ1v) is 8.08. The molecular weight excluding hydrogens is 256 g/mol. The minimum atomic E-state index is -1.09. The van der Waals surface area contributed by atoms with E-state index in [4.69, 9.17) is 14.6 Å². The summed E-state index contributed by atoms with van der Waals surface area (Å²) in [5.74, 6) is -1.09. The zero-order valence-electron chi connectivity index (χ0n) is 14.7. The van der Waals surface area contributed by atoms with Crippen LogP contribution in [-0.4, -0.2) is 40.4 Å². The molecule has 0 aromatic heterocycles. The molecule has 0 aromatic rings. The molecule has 0 bridgehead atoms. The van der Waals surface area contributed by atoms with E-state index in [1.54, 1.807) is 0 Å². The molecule has 0 radical (unpaired) electrons. The SMILES string of the molecule is CC.CC.CCC(O)(CC)OC1(C)CC(CO)OC1C. The summed E-state index contributed by atoms with van der Waals surface area (Å²) in [5.41, 5.74) is -0.520. The molecule has 3 atom stereocenters. The minimum absolute atomic E-state index is 0.0000312. The first-order valence-electron chi connectivity index (χ1n) is 8.08. The van der Waals surface area contributed by atoms with Crippen molar-refractivity contribution in [3.05, 3.63) is 0 Å². The predicted molar refractivity (Wildman–Crippen MR) is 83.8 cm³/mol. The zero-order valence-corrected chi connectivity index (χ0v) is 14.7. The predicted octanol–water partition coefficient (Wildman–Crippen LogP) is 3.49.